The fourth-order valence-electron chi connectivity index (χ4n) is 3.01. The number of anilines is 1. The van der Waals surface area contributed by atoms with E-state index in [0.717, 1.165) is 42.8 Å². The van der Waals surface area contributed by atoms with E-state index in [9.17, 15) is 4.79 Å². The van der Waals surface area contributed by atoms with Gasteiger partial charge in [-0.15, -0.1) is 10.2 Å². The van der Waals surface area contributed by atoms with E-state index < -0.39 is 5.97 Å². The smallest absolute Gasteiger partial charge is 0.306 e. The zero-order chi connectivity index (χ0) is 15.5. The number of aromatic nitrogens is 3. The van der Waals surface area contributed by atoms with E-state index in [1.54, 1.807) is 6.33 Å². The Hall–Kier alpha value is -2.37. The van der Waals surface area contributed by atoms with Gasteiger partial charge in [-0.2, -0.15) is 0 Å². The van der Waals surface area contributed by atoms with Gasteiger partial charge in [-0.25, -0.2) is 0 Å². The Kier molecular flexibility index (Phi) is 4.09. The topological polar surface area (TPSA) is 80.0 Å². The molecule has 22 heavy (non-hydrogen) atoms. The Balaban J connectivity index is 1.67. The molecule has 2 N–H and O–H groups in total. The molecule has 0 radical (unpaired) electrons. The first kappa shape index (κ1) is 14.6. The largest absolute Gasteiger partial charge is 0.481 e. The van der Waals surface area contributed by atoms with E-state index in [4.69, 9.17) is 5.11 Å². The molecule has 116 valence electrons. The maximum atomic E-state index is 11.0. The van der Waals surface area contributed by atoms with E-state index >= 15 is 0 Å². The molecule has 0 spiro atoms. The molecule has 0 atom stereocenters. The van der Waals surface area contributed by atoms with Gasteiger partial charge in [-0.05, 0) is 37.8 Å². The van der Waals surface area contributed by atoms with Crippen LogP contribution >= 0.6 is 0 Å². The molecular formula is C16H20N4O2. The number of carboxylic acid groups (broad SMARTS) is 1. The molecule has 1 aliphatic rings. The molecule has 3 rings (SSSR count). The highest BCUT2D eigenvalue weighted by molar-refractivity contribution is 5.70. The van der Waals surface area contributed by atoms with Crippen LogP contribution in [0, 0.1) is 5.92 Å². The monoisotopic (exact) mass is 300 g/mol. The second-order valence-electron chi connectivity index (χ2n) is 5.88. The van der Waals surface area contributed by atoms with Crippen molar-refractivity contribution in [2.24, 2.45) is 13.0 Å². The van der Waals surface area contributed by atoms with Crippen molar-refractivity contribution in [3.8, 4) is 11.4 Å². The van der Waals surface area contributed by atoms with Crippen LogP contribution in [0.25, 0.3) is 11.4 Å². The molecule has 1 aromatic heterocycles. The SMILES string of the molecule is Cn1cnnc1-c1cccc(NC2CCC(C(=O)O)CC2)c1. The molecule has 1 aliphatic carbocycles. The maximum Gasteiger partial charge on any atom is 0.306 e. The Bertz CT molecular complexity index is 660. The van der Waals surface area contributed by atoms with Gasteiger partial charge < -0.3 is 15.0 Å². The first-order valence-electron chi connectivity index (χ1n) is 7.57. The molecule has 0 saturated heterocycles. The second kappa shape index (κ2) is 6.17. The molecule has 1 aromatic carbocycles. The fourth-order valence-corrected chi connectivity index (χ4v) is 3.01. The molecule has 2 aromatic rings. The lowest BCUT2D eigenvalue weighted by Crippen LogP contribution is -2.29. The van der Waals surface area contributed by atoms with Crippen LogP contribution in [0.1, 0.15) is 25.7 Å². The molecule has 0 aliphatic heterocycles. The quantitative estimate of drug-likeness (QED) is 0.907. The lowest BCUT2D eigenvalue weighted by atomic mass is 9.86. The summed E-state index contributed by atoms with van der Waals surface area (Å²) in [6.45, 7) is 0. The summed E-state index contributed by atoms with van der Waals surface area (Å²) < 4.78 is 1.89. The molecule has 0 unspecified atom stereocenters. The van der Waals surface area contributed by atoms with Crippen molar-refractivity contribution >= 4 is 11.7 Å². The number of rotatable bonds is 4. The van der Waals surface area contributed by atoms with E-state index in [0.29, 0.717) is 6.04 Å². The number of nitrogens with one attached hydrogen (secondary N) is 1. The second-order valence-corrected chi connectivity index (χ2v) is 5.88. The van der Waals surface area contributed by atoms with Crippen molar-refractivity contribution in [2.75, 3.05) is 5.32 Å². The van der Waals surface area contributed by atoms with Crippen LogP contribution in [-0.4, -0.2) is 31.9 Å². The highest BCUT2D eigenvalue weighted by Gasteiger charge is 2.25. The average molecular weight is 300 g/mol. The van der Waals surface area contributed by atoms with Crippen LogP contribution in [0.4, 0.5) is 5.69 Å². The summed E-state index contributed by atoms with van der Waals surface area (Å²) in [5, 5.41) is 20.6. The van der Waals surface area contributed by atoms with Gasteiger partial charge in [0, 0.05) is 24.3 Å². The number of nitrogens with zero attached hydrogens (tertiary/aromatic N) is 3. The Morgan fingerprint density at radius 1 is 1.32 bits per heavy atom. The van der Waals surface area contributed by atoms with Crippen LogP contribution in [0.2, 0.25) is 0 Å². The summed E-state index contributed by atoms with van der Waals surface area (Å²) in [5.74, 6) is -0.0102. The summed E-state index contributed by atoms with van der Waals surface area (Å²) in [6.07, 6.45) is 4.96. The average Bonchev–Trinajstić information content (AvgIpc) is 2.94. The van der Waals surface area contributed by atoms with Gasteiger partial charge in [0.1, 0.15) is 6.33 Å². The maximum absolute atomic E-state index is 11.0. The van der Waals surface area contributed by atoms with E-state index in [1.165, 1.54) is 0 Å². The summed E-state index contributed by atoms with van der Waals surface area (Å²) >= 11 is 0. The minimum atomic E-state index is -0.664. The highest BCUT2D eigenvalue weighted by atomic mass is 16.4. The minimum absolute atomic E-state index is 0.178. The van der Waals surface area contributed by atoms with Crippen LogP contribution in [0.3, 0.4) is 0 Å². The number of benzene rings is 1. The molecule has 6 heteroatoms. The van der Waals surface area contributed by atoms with Gasteiger partial charge in [-0.1, -0.05) is 12.1 Å². The Labute approximate surface area is 129 Å². The van der Waals surface area contributed by atoms with Crippen molar-refractivity contribution < 1.29 is 9.90 Å². The van der Waals surface area contributed by atoms with Gasteiger partial charge in [0.15, 0.2) is 5.82 Å². The molecule has 6 nitrogen and oxygen atoms in total. The third-order valence-corrected chi connectivity index (χ3v) is 4.28. The number of aliphatic carboxylic acids is 1. The predicted octanol–water partition coefficient (Wildman–Crippen LogP) is 2.54. The number of hydrogen-bond donors (Lipinski definition) is 2. The first-order chi connectivity index (χ1) is 10.6. The third-order valence-electron chi connectivity index (χ3n) is 4.28. The highest BCUT2D eigenvalue weighted by Crippen LogP contribution is 2.28. The van der Waals surface area contributed by atoms with Crippen LogP contribution in [0.5, 0.6) is 0 Å². The van der Waals surface area contributed by atoms with Crippen molar-refractivity contribution in [1.82, 2.24) is 14.8 Å². The molecule has 1 fully saturated rings. The van der Waals surface area contributed by atoms with Gasteiger partial charge in [0.2, 0.25) is 0 Å². The summed E-state index contributed by atoms with van der Waals surface area (Å²) in [6, 6.07) is 8.44. The molecule has 1 saturated carbocycles. The van der Waals surface area contributed by atoms with Crippen molar-refractivity contribution in [2.45, 2.75) is 31.7 Å². The minimum Gasteiger partial charge on any atom is -0.481 e. The van der Waals surface area contributed by atoms with Gasteiger partial charge >= 0.3 is 5.97 Å². The van der Waals surface area contributed by atoms with Crippen molar-refractivity contribution in [1.29, 1.82) is 0 Å². The fraction of sp³-hybridized carbons (Fsp3) is 0.438. The van der Waals surface area contributed by atoms with Gasteiger partial charge in [0.05, 0.1) is 5.92 Å². The first-order valence-corrected chi connectivity index (χ1v) is 7.57. The van der Waals surface area contributed by atoms with Gasteiger partial charge in [0.25, 0.3) is 0 Å². The predicted molar refractivity (Wildman–Crippen MR) is 83.4 cm³/mol. The zero-order valence-corrected chi connectivity index (χ0v) is 12.6. The lowest BCUT2D eigenvalue weighted by Gasteiger charge is -2.27. The molecular weight excluding hydrogens is 280 g/mol. The zero-order valence-electron chi connectivity index (χ0n) is 12.6. The van der Waals surface area contributed by atoms with Crippen LogP contribution in [0.15, 0.2) is 30.6 Å². The number of carbonyl (C=O) groups is 1. The molecule has 1 heterocycles. The van der Waals surface area contributed by atoms with Gasteiger partial charge in [-0.3, -0.25) is 4.79 Å². The third kappa shape index (κ3) is 3.10. The summed E-state index contributed by atoms with van der Waals surface area (Å²) in [7, 11) is 1.92. The number of aryl methyl sites for hydroxylation is 1. The summed E-state index contributed by atoms with van der Waals surface area (Å²) in [5.41, 5.74) is 2.06. The van der Waals surface area contributed by atoms with Crippen LogP contribution in [-0.2, 0) is 11.8 Å². The van der Waals surface area contributed by atoms with E-state index in [1.807, 2.05) is 29.8 Å². The van der Waals surface area contributed by atoms with E-state index in [-0.39, 0.29) is 5.92 Å². The van der Waals surface area contributed by atoms with Crippen molar-refractivity contribution in [3.05, 3.63) is 30.6 Å². The molecule has 0 bridgehead atoms. The van der Waals surface area contributed by atoms with Crippen LogP contribution < -0.4 is 5.32 Å². The molecule has 0 amide bonds. The lowest BCUT2D eigenvalue weighted by molar-refractivity contribution is -0.142. The van der Waals surface area contributed by atoms with Crippen molar-refractivity contribution in [3.63, 3.8) is 0 Å². The Morgan fingerprint density at radius 2 is 2.09 bits per heavy atom. The van der Waals surface area contributed by atoms with E-state index in [2.05, 4.69) is 21.6 Å². The normalized spacial score (nSPS) is 21.5. The number of hydrogen-bond acceptors (Lipinski definition) is 4. The number of carboxylic acids is 1. The Morgan fingerprint density at radius 3 is 2.73 bits per heavy atom. The summed E-state index contributed by atoms with van der Waals surface area (Å²) in [4.78, 5) is 11.0. The standard InChI is InChI=1S/C16H20N4O2/c1-20-10-17-19-15(20)12-3-2-4-14(9-12)18-13-7-5-11(6-8-13)16(21)22/h2-4,9-11,13,18H,5-8H2,1H3,(H,21,22).